The maximum absolute atomic E-state index is 13.5. The summed E-state index contributed by atoms with van der Waals surface area (Å²) in [4.78, 5) is 29.1. The number of carbonyl (C=O) groups is 2. The smallest absolute Gasteiger partial charge is 0.417 e. The number of nitrogens with one attached hydrogen (secondary N) is 1. The summed E-state index contributed by atoms with van der Waals surface area (Å²) >= 11 is 6.19. The predicted molar refractivity (Wildman–Crippen MR) is 131 cm³/mol. The number of guanidine groups is 1. The normalized spacial score (nSPS) is 15.5. The zero-order valence-corrected chi connectivity index (χ0v) is 20.1. The molecular formula is C24H27ClF3N5O3. The van der Waals surface area contributed by atoms with Gasteiger partial charge in [0, 0.05) is 36.4 Å². The van der Waals surface area contributed by atoms with Crippen LogP contribution in [0.5, 0.6) is 0 Å². The number of nitrogens with two attached hydrogens (primary N) is 2. The lowest BCUT2D eigenvalue weighted by molar-refractivity contribution is -0.139. The van der Waals surface area contributed by atoms with Crippen LogP contribution in [0.15, 0.2) is 41.4 Å². The Labute approximate surface area is 211 Å². The summed E-state index contributed by atoms with van der Waals surface area (Å²) in [6.07, 6.45) is -1.64. The van der Waals surface area contributed by atoms with E-state index < -0.39 is 34.7 Å². The Bertz CT molecular complexity index is 1130. The number of hydrogen-bond donors (Lipinski definition) is 4. The van der Waals surface area contributed by atoms with Crippen LogP contribution in [0.2, 0.25) is 5.02 Å². The maximum atomic E-state index is 13.5. The first-order valence-electron chi connectivity index (χ1n) is 11.3. The number of benzene rings is 2. The largest absolute Gasteiger partial charge is 0.480 e. The number of carboxylic acid groups (broad SMARTS) is 1. The third kappa shape index (κ3) is 6.88. The fourth-order valence-corrected chi connectivity index (χ4v) is 4.28. The number of nitrogens with zero attached hydrogens (tertiary/aromatic N) is 2. The van der Waals surface area contributed by atoms with Crippen LogP contribution in [0.25, 0.3) is 0 Å². The van der Waals surface area contributed by atoms with Crippen LogP contribution in [-0.4, -0.2) is 42.1 Å². The molecule has 2 aromatic rings. The number of carbonyl (C=O) groups excluding carboxylic acids is 1. The van der Waals surface area contributed by atoms with Gasteiger partial charge in [0.2, 0.25) is 0 Å². The van der Waals surface area contributed by atoms with Gasteiger partial charge in [0.05, 0.1) is 10.6 Å². The second-order valence-corrected chi connectivity index (χ2v) is 8.85. The van der Waals surface area contributed by atoms with E-state index in [0.29, 0.717) is 24.3 Å². The Kier molecular flexibility index (Phi) is 8.80. The molecule has 1 aliphatic rings. The number of alkyl halides is 3. The van der Waals surface area contributed by atoms with Crippen LogP contribution in [-0.2, 0) is 23.9 Å². The lowest BCUT2D eigenvalue weighted by atomic mass is 10.0. The minimum Gasteiger partial charge on any atom is -0.480 e. The average molecular weight is 526 g/mol. The molecule has 0 aliphatic carbocycles. The van der Waals surface area contributed by atoms with Gasteiger partial charge in [0.1, 0.15) is 6.04 Å². The second-order valence-electron chi connectivity index (χ2n) is 8.47. The van der Waals surface area contributed by atoms with E-state index in [1.54, 1.807) is 12.1 Å². The van der Waals surface area contributed by atoms with Crippen molar-refractivity contribution in [3.8, 4) is 0 Å². The van der Waals surface area contributed by atoms with Crippen molar-refractivity contribution in [1.29, 1.82) is 0 Å². The molecule has 3 rings (SSSR count). The topological polar surface area (TPSA) is 134 Å². The first-order chi connectivity index (χ1) is 17.0. The molecule has 1 saturated heterocycles. The van der Waals surface area contributed by atoms with E-state index in [-0.39, 0.29) is 30.1 Å². The fourth-order valence-electron chi connectivity index (χ4n) is 3.95. The summed E-state index contributed by atoms with van der Waals surface area (Å²) in [5, 5.41) is 11.2. The van der Waals surface area contributed by atoms with Gasteiger partial charge < -0.3 is 26.8 Å². The van der Waals surface area contributed by atoms with Crippen LogP contribution in [0.1, 0.15) is 46.3 Å². The standard InChI is InChI=1S/C24H27ClF3N5O3/c25-20-16(19(33-10-2-1-3-11-33)9-8-17(20)24(26,27)28)13-31-23(30)32-21(34)15-6-4-14(5-7-15)12-18(29)22(35)36/h4-9,18H,1-3,10-13,29H2,(H,35,36)(H3,30,31,32,34)/t18-/m0/s1. The monoisotopic (exact) mass is 525 g/mol. The van der Waals surface area contributed by atoms with Crippen molar-refractivity contribution >= 4 is 35.1 Å². The molecule has 2 aromatic carbocycles. The van der Waals surface area contributed by atoms with Gasteiger partial charge in [-0.05, 0) is 55.5 Å². The molecule has 0 saturated carbocycles. The average Bonchev–Trinajstić information content (AvgIpc) is 2.83. The molecule has 0 aromatic heterocycles. The van der Waals surface area contributed by atoms with Gasteiger partial charge in [-0.25, -0.2) is 0 Å². The van der Waals surface area contributed by atoms with Crippen molar-refractivity contribution in [2.24, 2.45) is 16.5 Å². The lowest BCUT2D eigenvalue weighted by Crippen LogP contribution is -2.34. The Morgan fingerprint density at radius 2 is 1.75 bits per heavy atom. The third-order valence-corrected chi connectivity index (χ3v) is 6.29. The summed E-state index contributed by atoms with van der Waals surface area (Å²) in [6.45, 7) is 1.23. The van der Waals surface area contributed by atoms with E-state index in [1.807, 2.05) is 4.90 Å². The fraction of sp³-hybridized carbons (Fsp3) is 0.375. The first-order valence-corrected chi connectivity index (χ1v) is 11.7. The Morgan fingerprint density at radius 1 is 1.11 bits per heavy atom. The van der Waals surface area contributed by atoms with Crippen molar-refractivity contribution in [3.05, 3.63) is 63.7 Å². The molecule has 194 valence electrons. The van der Waals surface area contributed by atoms with E-state index >= 15 is 0 Å². The summed E-state index contributed by atoms with van der Waals surface area (Å²) < 4.78 is 40.4. The van der Waals surface area contributed by atoms with Crippen molar-refractivity contribution in [1.82, 2.24) is 5.32 Å². The molecule has 12 heteroatoms. The molecule has 0 spiro atoms. The van der Waals surface area contributed by atoms with Crippen molar-refractivity contribution in [2.45, 2.75) is 44.4 Å². The van der Waals surface area contributed by atoms with Crippen molar-refractivity contribution < 1.29 is 27.9 Å². The van der Waals surface area contributed by atoms with Crippen molar-refractivity contribution in [2.75, 3.05) is 18.0 Å². The molecule has 1 atom stereocenters. The Balaban J connectivity index is 1.75. The molecule has 6 N–H and O–H groups in total. The quantitative estimate of drug-likeness (QED) is 0.321. The van der Waals surface area contributed by atoms with Crippen LogP contribution in [0, 0.1) is 0 Å². The molecule has 0 unspecified atom stereocenters. The van der Waals surface area contributed by atoms with Gasteiger partial charge in [-0.1, -0.05) is 23.7 Å². The SMILES string of the molecule is N/C(=N\C(=O)c1ccc(C[C@H](N)C(=O)O)cc1)NCc1c(N2CCCCC2)ccc(C(F)(F)F)c1Cl. The predicted octanol–water partition coefficient (Wildman–Crippen LogP) is 3.55. The van der Waals surface area contributed by atoms with E-state index in [4.69, 9.17) is 28.2 Å². The number of rotatable bonds is 7. The van der Waals surface area contributed by atoms with Gasteiger partial charge in [0.15, 0.2) is 5.96 Å². The van der Waals surface area contributed by atoms with Gasteiger partial charge >= 0.3 is 12.1 Å². The first kappa shape index (κ1) is 27.3. The summed E-state index contributed by atoms with van der Waals surface area (Å²) in [6, 6.07) is 7.35. The van der Waals surface area contributed by atoms with Crippen LogP contribution < -0.4 is 21.7 Å². The third-order valence-electron chi connectivity index (χ3n) is 5.86. The number of piperidine rings is 1. The zero-order chi connectivity index (χ0) is 26.5. The van der Waals surface area contributed by atoms with Gasteiger partial charge in [0.25, 0.3) is 5.91 Å². The highest BCUT2D eigenvalue weighted by Crippen LogP contribution is 2.40. The highest BCUT2D eigenvalue weighted by molar-refractivity contribution is 6.32. The molecule has 1 amide bonds. The molecular weight excluding hydrogens is 499 g/mol. The summed E-state index contributed by atoms with van der Waals surface area (Å²) in [7, 11) is 0. The van der Waals surface area contributed by atoms with E-state index in [9.17, 15) is 22.8 Å². The van der Waals surface area contributed by atoms with Gasteiger partial charge in [-0.15, -0.1) is 0 Å². The minimum atomic E-state index is -4.62. The number of halogens is 4. The van der Waals surface area contributed by atoms with Gasteiger partial charge in [-0.2, -0.15) is 18.2 Å². The Hall–Kier alpha value is -3.31. The summed E-state index contributed by atoms with van der Waals surface area (Å²) in [5.41, 5.74) is 12.0. The number of aliphatic carboxylic acids is 1. The molecule has 1 fully saturated rings. The number of carboxylic acids is 1. The minimum absolute atomic E-state index is 0.0911. The number of aliphatic imine (C=N–C) groups is 1. The van der Waals surface area contributed by atoms with Crippen LogP contribution >= 0.6 is 11.6 Å². The molecule has 1 heterocycles. The van der Waals surface area contributed by atoms with Crippen LogP contribution in [0.4, 0.5) is 18.9 Å². The Morgan fingerprint density at radius 3 is 2.33 bits per heavy atom. The molecule has 36 heavy (non-hydrogen) atoms. The van der Waals surface area contributed by atoms with E-state index in [1.165, 1.54) is 18.2 Å². The van der Waals surface area contributed by atoms with Crippen molar-refractivity contribution in [3.63, 3.8) is 0 Å². The van der Waals surface area contributed by atoms with E-state index in [2.05, 4.69) is 10.3 Å². The molecule has 8 nitrogen and oxygen atoms in total. The molecule has 1 aliphatic heterocycles. The van der Waals surface area contributed by atoms with Gasteiger partial charge in [-0.3, -0.25) is 9.59 Å². The highest BCUT2D eigenvalue weighted by Gasteiger charge is 2.35. The molecule has 0 bridgehead atoms. The second kappa shape index (κ2) is 11.6. The highest BCUT2D eigenvalue weighted by atomic mass is 35.5. The zero-order valence-electron chi connectivity index (χ0n) is 19.3. The van der Waals surface area contributed by atoms with E-state index in [0.717, 1.165) is 25.3 Å². The number of hydrogen-bond acceptors (Lipinski definition) is 4. The maximum Gasteiger partial charge on any atom is 0.417 e. The summed E-state index contributed by atoms with van der Waals surface area (Å²) in [5.74, 6) is -2.10. The number of amides is 1. The lowest BCUT2D eigenvalue weighted by Gasteiger charge is -2.31. The molecule has 0 radical (unpaired) electrons. The number of anilines is 1. The van der Waals surface area contributed by atoms with Crippen LogP contribution in [0.3, 0.4) is 0 Å².